The Kier molecular flexibility index (Phi) is 6.78. The van der Waals surface area contributed by atoms with Crippen LogP contribution < -0.4 is 16.0 Å². The maximum Gasteiger partial charge on any atom is 0.322 e. The first-order valence-corrected chi connectivity index (χ1v) is 6.64. The van der Waals surface area contributed by atoms with Crippen molar-refractivity contribution in [3.8, 4) is 0 Å². The molecule has 3 amide bonds. The number of carboxylic acid groups (broad SMARTS) is 1. The van der Waals surface area contributed by atoms with Crippen molar-refractivity contribution >= 4 is 17.9 Å². The van der Waals surface area contributed by atoms with E-state index in [0.717, 1.165) is 12.8 Å². The van der Waals surface area contributed by atoms with Crippen LogP contribution in [0.3, 0.4) is 0 Å². The van der Waals surface area contributed by atoms with Crippen LogP contribution in [-0.4, -0.2) is 55.4 Å². The molecule has 0 bridgehead atoms. The average Bonchev–Trinajstić information content (AvgIpc) is 2.87. The van der Waals surface area contributed by atoms with Gasteiger partial charge in [0.1, 0.15) is 6.54 Å². The minimum Gasteiger partial charge on any atom is -0.480 e. The summed E-state index contributed by atoms with van der Waals surface area (Å²) in [5, 5.41) is 15.6. The van der Waals surface area contributed by atoms with Gasteiger partial charge in [-0.2, -0.15) is 0 Å². The Labute approximate surface area is 117 Å². The summed E-state index contributed by atoms with van der Waals surface area (Å²) in [5.41, 5.74) is 0. The Balaban J connectivity index is 2.14. The molecule has 1 rings (SSSR count). The van der Waals surface area contributed by atoms with E-state index in [-0.39, 0.29) is 12.6 Å². The lowest BCUT2D eigenvalue weighted by molar-refractivity contribution is -0.137. The van der Waals surface area contributed by atoms with Gasteiger partial charge in [-0.25, -0.2) is 4.79 Å². The van der Waals surface area contributed by atoms with Gasteiger partial charge in [0, 0.05) is 19.1 Å². The number of amides is 3. The minimum absolute atomic E-state index is 0.175. The van der Waals surface area contributed by atoms with Crippen LogP contribution in [0, 0.1) is 5.92 Å². The van der Waals surface area contributed by atoms with Crippen LogP contribution in [-0.2, 0) is 14.3 Å². The van der Waals surface area contributed by atoms with Crippen LogP contribution in [0.2, 0.25) is 0 Å². The first-order valence-electron chi connectivity index (χ1n) is 6.64. The zero-order valence-electron chi connectivity index (χ0n) is 11.5. The van der Waals surface area contributed by atoms with Gasteiger partial charge < -0.3 is 25.8 Å². The third kappa shape index (κ3) is 5.87. The van der Waals surface area contributed by atoms with E-state index >= 15 is 0 Å². The van der Waals surface area contributed by atoms with E-state index in [1.54, 1.807) is 0 Å². The van der Waals surface area contributed by atoms with E-state index in [1.807, 2.05) is 6.92 Å². The highest BCUT2D eigenvalue weighted by Gasteiger charge is 2.26. The highest BCUT2D eigenvalue weighted by atomic mass is 16.5. The van der Waals surface area contributed by atoms with Crippen LogP contribution in [0.4, 0.5) is 4.79 Å². The summed E-state index contributed by atoms with van der Waals surface area (Å²) in [6, 6.07) is -0.447. The highest BCUT2D eigenvalue weighted by molar-refractivity contribution is 5.86. The summed E-state index contributed by atoms with van der Waals surface area (Å²) in [5.74, 6) is -1.38. The normalized spacial score (nSPS) is 21.2. The fourth-order valence-corrected chi connectivity index (χ4v) is 2.06. The molecular formula is C12H21N3O5. The molecule has 2 unspecified atom stereocenters. The van der Waals surface area contributed by atoms with Crippen LogP contribution in [0.25, 0.3) is 0 Å². The molecule has 1 saturated heterocycles. The fourth-order valence-electron chi connectivity index (χ4n) is 2.06. The summed E-state index contributed by atoms with van der Waals surface area (Å²) in [7, 11) is 0. The number of hydrogen-bond donors (Lipinski definition) is 4. The van der Waals surface area contributed by atoms with Crippen LogP contribution >= 0.6 is 0 Å². The van der Waals surface area contributed by atoms with Gasteiger partial charge in [-0.1, -0.05) is 6.92 Å². The van der Waals surface area contributed by atoms with Gasteiger partial charge in [-0.05, 0) is 12.8 Å². The number of nitrogens with one attached hydrogen (secondary N) is 3. The molecule has 0 radical (unpaired) electrons. The van der Waals surface area contributed by atoms with E-state index in [0.29, 0.717) is 19.1 Å². The van der Waals surface area contributed by atoms with E-state index in [2.05, 4.69) is 16.0 Å². The van der Waals surface area contributed by atoms with Crippen molar-refractivity contribution < 1.29 is 24.2 Å². The number of ether oxygens (including phenoxy) is 1. The maximum atomic E-state index is 11.5. The Bertz CT molecular complexity index is 361. The van der Waals surface area contributed by atoms with E-state index in [1.165, 1.54) is 0 Å². The Hall–Kier alpha value is -1.83. The number of carbonyl (C=O) groups is 3. The van der Waals surface area contributed by atoms with Crippen molar-refractivity contribution in [2.45, 2.75) is 25.9 Å². The summed E-state index contributed by atoms with van der Waals surface area (Å²) >= 11 is 0. The average molecular weight is 287 g/mol. The summed E-state index contributed by atoms with van der Waals surface area (Å²) in [6.45, 7) is 2.54. The van der Waals surface area contributed by atoms with Gasteiger partial charge in [0.25, 0.3) is 0 Å². The molecule has 1 aliphatic heterocycles. The monoisotopic (exact) mass is 287 g/mol. The smallest absolute Gasteiger partial charge is 0.322 e. The van der Waals surface area contributed by atoms with Crippen molar-refractivity contribution in [1.29, 1.82) is 0 Å². The Morgan fingerprint density at radius 3 is 2.60 bits per heavy atom. The molecule has 2 atom stereocenters. The van der Waals surface area contributed by atoms with E-state index in [4.69, 9.17) is 9.84 Å². The molecular weight excluding hydrogens is 266 g/mol. The van der Waals surface area contributed by atoms with Gasteiger partial charge in [0.15, 0.2) is 0 Å². The molecule has 8 heteroatoms. The number of hydrogen-bond acceptors (Lipinski definition) is 4. The number of carboxylic acids is 1. The fraction of sp³-hybridized carbons (Fsp3) is 0.750. The largest absolute Gasteiger partial charge is 0.480 e. The topological polar surface area (TPSA) is 117 Å². The predicted octanol–water partition coefficient (Wildman–Crippen LogP) is -0.698. The molecule has 1 heterocycles. The number of rotatable bonds is 7. The molecule has 4 N–H and O–H groups in total. The van der Waals surface area contributed by atoms with Crippen molar-refractivity contribution in [3.63, 3.8) is 0 Å². The molecule has 0 aromatic carbocycles. The van der Waals surface area contributed by atoms with Crippen LogP contribution in [0.15, 0.2) is 0 Å². The second-order valence-corrected chi connectivity index (χ2v) is 4.60. The molecule has 0 aromatic rings. The second kappa shape index (κ2) is 8.36. The van der Waals surface area contributed by atoms with Crippen molar-refractivity contribution in [3.05, 3.63) is 0 Å². The van der Waals surface area contributed by atoms with E-state index < -0.39 is 24.5 Å². The summed E-state index contributed by atoms with van der Waals surface area (Å²) in [6.07, 6.45) is 2.00. The summed E-state index contributed by atoms with van der Waals surface area (Å²) in [4.78, 5) is 32.9. The highest BCUT2D eigenvalue weighted by Crippen LogP contribution is 2.22. The lowest BCUT2D eigenvalue weighted by atomic mass is 10.00. The second-order valence-electron chi connectivity index (χ2n) is 4.60. The first-order chi connectivity index (χ1) is 9.52. The van der Waals surface area contributed by atoms with Gasteiger partial charge in [0.05, 0.1) is 12.6 Å². The van der Waals surface area contributed by atoms with Crippen molar-refractivity contribution in [2.24, 2.45) is 5.92 Å². The van der Waals surface area contributed by atoms with Gasteiger partial charge in [0.2, 0.25) is 5.91 Å². The molecule has 0 aromatic heterocycles. The third-order valence-electron chi connectivity index (χ3n) is 3.12. The lowest BCUT2D eigenvalue weighted by Crippen LogP contribution is -2.44. The van der Waals surface area contributed by atoms with Gasteiger partial charge in [-0.15, -0.1) is 0 Å². The number of carbonyl (C=O) groups excluding carboxylic acids is 2. The quantitative estimate of drug-likeness (QED) is 0.494. The van der Waals surface area contributed by atoms with Crippen LogP contribution in [0.1, 0.15) is 19.8 Å². The summed E-state index contributed by atoms with van der Waals surface area (Å²) < 4.78 is 5.51. The lowest BCUT2D eigenvalue weighted by Gasteiger charge is -2.17. The number of aliphatic carboxylic acids is 1. The molecule has 20 heavy (non-hydrogen) atoms. The third-order valence-corrected chi connectivity index (χ3v) is 3.12. The van der Waals surface area contributed by atoms with Crippen molar-refractivity contribution in [1.82, 2.24) is 16.0 Å². The van der Waals surface area contributed by atoms with Crippen LogP contribution in [0.5, 0.6) is 0 Å². The molecule has 0 saturated carbocycles. The minimum atomic E-state index is -1.13. The molecule has 0 aliphatic carbocycles. The molecule has 1 aliphatic rings. The van der Waals surface area contributed by atoms with Gasteiger partial charge in [-0.3, -0.25) is 9.59 Å². The Morgan fingerprint density at radius 1 is 1.20 bits per heavy atom. The number of urea groups is 1. The zero-order valence-corrected chi connectivity index (χ0v) is 11.5. The molecule has 1 fully saturated rings. The zero-order chi connectivity index (χ0) is 15.0. The van der Waals surface area contributed by atoms with E-state index in [9.17, 15) is 14.4 Å². The maximum absolute atomic E-state index is 11.5. The molecule has 0 spiro atoms. The van der Waals surface area contributed by atoms with Gasteiger partial charge >= 0.3 is 12.0 Å². The molecule has 114 valence electrons. The standard InChI is InChI=1S/C12H21N3O5/c1-2-9-8(3-4-20-9)5-14-12(19)15-6-10(16)13-7-11(17)18/h8-9H,2-7H2,1H3,(H,13,16)(H,17,18)(H2,14,15,19). The first kappa shape index (κ1) is 16.2. The SMILES string of the molecule is CCC1OCCC1CNC(=O)NCC(=O)NCC(=O)O. The van der Waals surface area contributed by atoms with Crippen molar-refractivity contribution in [2.75, 3.05) is 26.2 Å². The molecule has 8 nitrogen and oxygen atoms in total. The predicted molar refractivity (Wildman–Crippen MR) is 70.2 cm³/mol. The Morgan fingerprint density at radius 2 is 1.95 bits per heavy atom.